The molecule has 6 nitrogen and oxygen atoms in total. The minimum absolute atomic E-state index is 0.116. The van der Waals surface area contributed by atoms with Crippen molar-refractivity contribution in [3.05, 3.63) is 34.8 Å². The third kappa shape index (κ3) is 3.92. The quantitative estimate of drug-likeness (QED) is 0.885. The van der Waals surface area contributed by atoms with E-state index in [-0.39, 0.29) is 12.1 Å². The zero-order valence-corrected chi connectivity index (χ0v) is 15.0. The van der Waals surface area contributed by atoms with Gasteiger partial charge in [0.05, 0.1) is 10.7 Å². The number of hydrogen-bond acceptors (Lipinski definition) is 5. The van der Waals surface area contributed by atoms with E-state index in [0.29, 0.717) is 0 Å². The van der Waals surface area contributed by atoms with Crippen molar-refractivity contribution < 1.29 is 4.79 Å². The van der Waals surface area contributed by atoms with Gasteiger partial charge in [-0.1, -0.05) is 0 Å². The van der Waals surface area contributed by atoms with Gasteiger partial charge < -0.3 is 10.2 Å². The van der Waals surface area contributed by atoms with Gasteiger partial charge in [0, 0.05) is 19.1 Å². The van der Waals surface area contributed by atoms with Crippen molar-refractivity contribution in [2.45, 2.75) is 44.6 Å². The van der Waals surface area contributed by atoms with Gasteiger partial charge in [-0.2, -0.15) is 5.10 Å². The first-order chi connectivity index (χ1) is 12.3. The van der Waals surface area contributed by atoms with Gasteiger partial charge in [-0.3, -0.25) is 5.32 Å². The van der Waals surface area contributed by atoms with Crippen molar-refractivity contribution in [1.82, 2.24) is 15.5 Å². The van der Waals surface area contributed by atoms with Crippen LogP contribution in [0.3, 0.4) is 0 Å². The van der Waals surface area contributed by atoms with Crippen LogP contribution in [0.1, 0.15) is 36.9 Å². The molecule has 132 valence electrons. The zero-order valence-electron chi connectivity index (χ0n) is 14.2. The molecule has 4 rings (SSSR count). The van der Waals surface area contributed by atoms with Crippen molar-refractivity contribution in [3.63, 3.8) is 0 Å². The number of carbonyl (C=O) groups excluding carboxylic acids is 1. The molecule has 25 heavy (non-hydrogen) atoms. The third-order valence-corrected chi connectivity index (χ3v) is 5.75. The number of anilines is 2. The molecule has 0 unspecified atom stereocenters. The highest BCUT2D eigenvalue weighted by atomic mass is 32.1. The molecule has 1 fully saturated rings. The molecule has 7 heteroatoms. The number of piperidine rings is 1. The molecule has 2 N–H and O–H groups in total. The Bertz CT molecular complexity index is 725. The van der Waals surface area contributed by atoms with E-state index >= 15 is 0 Å². The molecule has 3 heterocycles. The molecule has 2 aliphatic rings. The van der Waals surface area contributed by atoms with Crippen LogP contribution < -0.4 is 15.5 Å². The van der Waals surface area contributed by atoms with Crippen LogP contribution in [-0.2, 0) is 12.8 Å². The van der Waals surface area contributed by atoms with Crippen molar-refractivity contribution in [1.29, 1.82) is 0 Å². The fourth-order valence-electron chi connectivity index (χ4n) is 3.57. The number of nitrogens with zero attached hydrogens (tertiary/aromatic N) is 3. The molecule has 1 aliphatic carbocycles. The van der Waals surface area contributed by atoms with Gasteiger partial charge in [0.1, 0.15) is 0 Å². The van der Waals surface area contributed by atoms with Crippen LogP contribution in [-0.4, -0.2) is 35.4 Å². The standard InChI is InChI=1S/C18H23N5OS/c24-18(20-17-6-3-11-25-17)19-14-7-9-23(10-8-14)16-12-13-4-1-2-5-15(13)21-22-16/h3,6,11-12,14H,1-2,4-5,7-10H2,(H2,19,20,24). The summed E-state index contributed by atoms with van der Waals surface area (Å²) in [6.45, 7) is 1.80. The number of rotatable bonds is 3. The van der Waals surface area contributed by atoms with Gasteiger partial charge in [-0.25, -0.2) is 4.79 Å². The van der Waals surface area contributed by atoms with Gasteiger partial charge >= 0.3 is 6.03 Å². The molecule has 1 aliphatic heterocycles. The summed E-state index contributed by atoms with van der Waals surface area (Å²) < 4.78 is 0. The lowest BCUT2D eigenvalue weighted by Crippen LogP contribution is -2.46. The average Bonchev–Trinajstić information content (AvgIpc) is 3.15. The van der Waals surface area contributed by atoms with E-state index in [1.807, 2.05) is 17.5 Å². The molecule has 1 saturated heterocycles. The number of aryl methyl sites for hydroxylation is 2. The van der Waals surface area contributed by atoms with E-state index in [4.69, 9.17) is 0 Å². The topological polar surface area (TPSA) is 70.2 Å². The van der Waals surface area contributed by atoms with Crippen LogP contribution in [0.25, 0.3) is 0 Å². The van der Waals surface area contributed by atoms with Crippen molar-refractivity contribution in [2.24, 2.45) is 0 Å². The van der Waals surface area contributed by atoms with Crippen LogP contribution >= 0.6 is 11.3 Å². The van der Waals surface area contributed by atoms with E-state index in [1.54, 1.807) is 0 Å². The predicted octanol–water partition coefficient (Wildman–Crippen LogP) is 3.21. The first kappa shape index (κ1) is 16.3. The molecular formula is C18H23N5OS. The van der Waals surface area contributed by atoms with E-state index in [0.717, 1.165) is 49.6 Å². The molecule has 0 bridgehead atoms. The molecule has 0 radical (unpaired) electrons. The number of nitrogens with one attached hydrogen (secondary N) is 2. The second-order valence-corrected chi connectivity index (χ2v) is 7.67. The van der Waals surface area contributed by atoms with Gasteiger partial charge in [-0.15, -0.1) is 16.4 Å². The van der Waals surface area contributed by atoms with E-state index in [9.17, 15) is 4.79 Å². The molecular weight excluding hydrogens is 334 g/mol. The summed E-state index contributed by atoms with van der Waals surface area (Å²) in [5, 5.41) is 17.6. The fraction of sp³-hybridized carbons (Fsp3) is 0.500. The molecule has 0 saturated carbocycles. The number of amides is 2. The van der Waals surface area contributed by atoms with E-state index < -0.39 is 0 Å². The number of carbonyl (C=O) groups is 1. The van der Waals surface area contributed by atoms with Crippen LogP contribution in [0, 0.1) is 0 Å². The van der Waals surface area contributed by atoms with Crippen LogP contribution in [0.15, 0.2) is 23.6 Å². The van der Waals surface area contributed by atoms with E-state index in [2.05, 4.69) is 31.8 Å². The minimum Gasteiger partial charge on any atom is -0.355 e. The lowest BCUT2D eigenvalue weighted by atomic mass is 9.96. The van der Waals surface area contributed by atoms with Gasteiger partial charge in [-0.05, 0) is 67.7 Å². The Kier molecular flexibility index (Phi) is 4.83. The molecule has 0 spiro atoms. The Morgan fingerprint density at radius 1 is 1.20 bits per heavy atom. The third-order valence-electron chi connectivity index (χ3n) is 4.97. The summed E-state index contributed by atoms with van der Waals surface area (Å²) in [6.07, 6.45) is 6.52. The second kappa shape index (κ2) is 7.39. The summed E-state index contributed by atoms with van der Waals surface area (Å²) in [7, 11) is 0. The van der Waals surface area contributed by atoms with Crippen molar-refractivity contribution >= 4 is 28.2 Å². The summed E-state index contributed by atoms with van der Waals surface area (Å²) >= 11 is 1.53. The predicted molar refractivity (Wildman–Crippen MR) is 100 cm³/mol. The summed E-state index contributed by atoms with van der Waals surface area (Å²) in [4.78, 5) is 14.3. The Balaban J connectivity index is 1.30. The monoisotopic (exact) mass is 357 g/mol. The Morgan fingerprint density at radius 2 is 2.04 bits per heavy atom. The first-order valence-corrected chi connectivity index (χ1v) is 9.87. The Hall–Kier alpha value is -2.15. The maximum absolute atomic E-state index is 12.0. The summed E-state index contributed by atoms with van der Waals surface area (Å²) in [5.74, 6) is 0.988. The Morgan fingerprint density at radius 3 is 2.84 bits per heavy atom. The zero-order chi connectivity index (χ0) is 17.1. The lowest BCUT2D eigenvalue weighted by molar-refractivity contribution is 0.246. The number of thiophene rings is 1. The van der Waals surface area contributed by atoms with E-state index in [1.165, 1.54) is 35.4 Å². The highest BCUT2D eigenvalue weighted by Crippen LogP contribution is 2.24. The van der Waals surface area contributed by atoms with Crippen molar-refractivity contribution in [2.75, 3.05) is 23.3 Å². The number of aromatic nitrogens is 2. The molecule has 0 atom stereocenters. The molecule has 2 aromatic heterocycles. The SMILES string of the molecule is O=C(Nc1cccs1)NC1CCN(c2cc3c(nn2)CCCC3)CC1. The molecule has 2 amide bonds. The average molecular weight is 357 g/mol. The summed E-state index contributed by atoms with van der Waals surface area (Å²) in [5.41, 5.74) is 2.55. The van der Waals surface area contributed by atoms with Crippen LogP contribution in [0.4, 0.5) is 15.6 Å². The number of fused-ring (bicyclic) bond motifs is 1. The smallest absolute Gasteiger partial charge is 0.320 e. The largest absolute Gasteiger partial charge is 0.355 e. The van der Waals surface area contributed by atoms with Crippen LogP contribution in [0.2, 0.25) is 0 Å². The van der Waals surface area contributed by atoms with Crippen LogP contribution in [0.5, 0.6) is 0 Å². The Labute approximate surface area is 151 Å². The number of hydrogen-bond donors (Lipinski definition) is 2. The van der Waals surface area contributed by atoms with Gasteiger partial charge in [0.25, 0.3) is 0 Å². The van der Waals surface area contributed by atoms with Gasteiger partial charge in [0.2, 0.25) is 0 Å². The maximum Gasteiger partial charge on any atom is 0.320 e. The first-order valence-electron chi connectivity index (χ1n) is 8.99. The molecule has 2 aromatic rings. The minimum atomic E-state index is -0.116. The molecule has 0 aromatic carbocycles. The summed E-state index contributed by atoms with van der Waals surface area (Å²) in [6, 6.07) is 6.15. The highest BCUT2D eigenvalue weighted by molar-refractivity contribution is 7.14. The fourth-order valence-corrected chi connectivity index (χ4v) is 4.18. The number of urea groups is 1. The second-order valence-electron chi connectivity index (χ2n) is 6.72. The highest BCUT2D eigenvalue weighted by Gasteiger charge is 2.23. The lowest BCUT2D eigenvalue weighted by Gasteiger charge is -2.33. The van der Waals surface area contributed by atoms with Gasteiger partial charge in [0.15, 0.2) is 5.82 Å². The van der Waals surface area contributed by atoms with Crippen molar-refractivity contribution in [3.8, 4) is 0 Å². The maximum atomic E-state index is 12.0. The normalized spacial score (nSPS) is 17.8.